The molecule has 26 heavy (non-hydrogen) atoms. The number of nitrogens with one attached hydrogen (secondary N) is 2. The first kappa shape index (κ1) is 15.3. The minimum absolute atomic E-state index is 0.739. The van der Waals surface area contributed by atoms with E-state index in [9.17, 15) is 4.79 Å². The summed E-state index contributed by atoms with van der Waals surface area (Å²) in [7, 11) is 0. The molecule has 0 radical (unpaired) electrons. The van der Waals surface area contributed by atoms with Crippen LogP contribution in [0.4, 0.5) is 11.4 Å². The Kier molecular flexibility index (Phi) is 3.58. The van der Waals surface area contributed by atoms with Crippen molar-refractivity contribution >= 4 is 61.5 Å². The molecule has 5 aromatic rings. The number of aromatic nitrogens is 2. The fourth-order valence-electron chi connectivity index (χ4n) is 3.02. The van der Waals surface area contributed by atoms with Gasteiger partial charge in [0.05, 0.1) is 10.6 Å². The molecule has 0 aliphatic rings. The smallest absolute Gasteiger partial charge is 0.160 e. The van der Waals surface area contributed by atoms with Gasteiger partial charge in [0.25, 0.3) is 0 Å². The summed E-state index contributed by atoms with van der Waals surface area (Å²) >= 11 is 3.10. The molecule has 0 saturated carbocycles. The summed E-state index contributed by atoms with van der Waals surface area (Å²) in [4.78, 5) is 21.5. The van der Waals surface area contributed by atoms with Gasteiger partial charge in [-0.3, -0.25) is 4.79 Å². The Morgan fingerprint density at radius 1 is 1.12 bits per heavy atom. The van der Waals surface area contributed by atoms with Crippen molar-refractivity contribution in [2.75, 3.05) is 5.32 Å². The van der Waals surface area contributed by atoms with Crippen molar-refractivity contribution in [2.45, 2.75) is 0 Å². The molecule has 0 aliphatic heterocycles. The fraction of sp³-hybridized carbons (Fsp3) is 0. The topological polar surface area (TPSA) is 57.8 Å². The van der Waals surface area contributed by atoms with Gasteiger partial charge < -0.3 is 10.3 Å². The molecule has 0 bridgehead atoms. The van der Waals surface area contributed by atoms with Crippen LogP contribution in [0.25, 0.3) is 31.6 Å². The number of carbonyl (C=O) groups excluding carboxylic acids is 1. The number of H-pyrrole nitrogens is 1. The summed E-state index contributed by atoms with van der Waals surface area (Å²) < 4.78 is 0. The number of aldehydes is 1. The van der Waals surface area contributed by atoms with Crippen LogP contribution in [0.5, 0.6) is 0 Å². The summed E-state index contributed by atoms with van der Waals surface area (Å²) in [6.45, 7) is 0. The second-order valence-corrected chi connectivity index (χ2v) is 7.92. The number of thiophene rings is 2. The molecule has 2 N–H and O–H groups in total. The number of hydrogen-bond donors (Lipinski definition) is 2. The number of pyridine rings is 1. The lowest BCUT2D eigenvalue weighted by Crippen LogP contribution is -1.90. The lowest BCUT2D eigenvalue weighted by atomic mass is 10.2. The Morgan fingerprint density at radius 2 is 2.08 bits per heavy atom. The Morgan fingerprint density at radius 3 is 2.96 bits per heavy atom. The number of hydrogen-bond acceptors (Lipinski definition) is 5. The van der Waals surface area contributed by atoms with Gasteiger partial charge in [-0.2, -0.15) is 0 Å². The standard InChI is InChI=1S/C20H13N3OS2/c24-10-15-8-13(11-25-15)19-9-16-18(4-6-22-20(16)26-19)23-14-1-2-17-12(7-14)3-5-21-17/h1-11,21H,(H,22,23). The zero-order chi connectivity index (χ0) is 17.5. The predicted octanol–water partition coefficient (Wildman–Crippen LogP) is 6.06. The molecule has 0 saturated heterocycles. The van der Waals surface area contributed by atoms with Crippen LogP contribution in [0.3, 0.4) is 0 Å². The van der Waals surface area contributed by atoms with Crippen LogP contribution in [-0.2, 0) is 0 Å². The van der Waals surface area contributed by atoms with E-state index in [0.717, 1.165) is 48.7 Å². The van der Waals surface area contributed by atoms with Crippen LogP contribution < -0.4 is 5.32 Å². The molecule has 0 unspecified atom stereocenters. The maximum Gasteiger partial charge on any atom is 0.160 e. The van der Waals surface area contributed by atoms with E-state index < -0.39 is 0 Å². The molecule has 0 aliphatic carbocycles. The maximum absolute atomic E-state index is 10.9. The van der Waals surface area contributed by atoms with Gasteiger partial charge in [0, 0.05) is 50.2 Å². The van der Waals surface area contributed by atoms with Crippen molar-refractivity contribution < 1.29 is 4.79 Å². The summed E-state index contributed by atoms with van der Waals surface area (Å²) in [5.74, 6) is 0. The van der Waals surface area contributed by atoms with E-state index in [2.05, 4.69) is 45.6 Å². The van der Waals surface area contributed by atoms with Gasteiger partial charge >= 0.3 is 0 Å². The van der Waals surface area contributed by atoms with Crippen molar-refractivity contribution in [3.8, 4) is 10.4 Å². The second-order valence-electron chi connectivity index (χ2n) is 5.95. The van der Waals surface area contributed by atoms with Crippen LogP contribution in [-0.4, -0.2) is 16.3 Å². The Bertz CT molecular complexity index is 1250. The number of rotatable bonds is 4. The molecular formula is C20H13N3OS2. The molecule has 0 amide bonds. The number of benzene rings is 1. The van der Waals surface area contributed by atoms with Gasteiger partial charge in [0.1, 0.15) is 4.83 Å². The molecule has 4 heterocycles. The molecule has 6 heteroatoms. The zero-order valence-corrected chi connectivity index (χ0v) is 15.2. The second kappa shape index (κ2) is 6.09. The Labute approximate surface area is 157 Å². The third-order valence-electron chi connectivity index (χ3n) is 4.29. The highest BCUT2D eigenvalue weighted by Crippen LogP contribution is 2.38. The zero-order valence-electron chi connectivity index (χ0n) is 13.5. The Balaban J connectivity index is 1.55. The third kappa shape index (κ3) is 2.60. The summed E-state index contributed by atoms with van der Waals surface area (Å²) in [6.07, 6.45) is 4.66. The van der Waals surface area contributed by atoms with Crippen LogP contribution in [0.15, 0.2) is 60.2 Å². The SMILES string of the molecule is O=Cc1cc(-c2cc3c(Nc4ccc5[nH]ccc5c4)ccnc3s2)cs1. The van der Waals surface area contributed by atoms with Gasteiger partial charge in [0.2, 0.25) is 0 Å². The van der Waals surface area contributed by atoms with Crippen LogP contribution >= 0.6 is 22.7 Å². The third-order valence-corrected chi connectivity index (χ3v) is 6.24. The van der Waals surface area contributed by atoms with E-state index in [4.69, 9.17) is 0 Å². The van der Waals surface area contributed by atoms with Crippen molar-refractivity contribution in [3.63, 3.8) is 0 Å². The van der Waals surface area contributed by atoms with Gasteiger partial charge in [-0.1, -0.05) is 0 Å². The first-order chi connectivity index (χ1) is 12.8. The van der Waals surface area contributed by atoms with E-state index in [-0.39, 0.29) is 0 Å². The van der Waals surface area contributed by atoms with Crippen molar-refractivity contribution in [2.24, 2.45) is 0 Å². The van der Waals surface area contributed by atoms with Crippen LogP contribution in [0.1, 0.15) is 9.67 Å². The van der Waals surface area contributed by atoms with E-state index >= 15 is 0 Å². The fourth-order valence-corrected chi connectivity index (χ4v) is 4.82. The minimum atomic E-state index is 0.739. The lowest BCUT2D eigenvalue weighted by Gasteiger charge is -2.07. The first-order valence-electron chi connectivity index (χ1n) is 8.07. The molecule has 0 atom stereocenters. The van der Waals surface area contributed by atoms with Gasteiger partial charge in [-0.05, 0) is 42.5 Å². The van der Waals surface area contributed by atoms with Gasteiger partial charge in [-0.25, -0.2) is 4.98 Å². The summed E-state index contributed by atoms with van der Waals surface area (Å²) in [6, 6.07) is 14.4. The first-order valence-corrected chi connectivity index (χ1v) is 9.76. The van der Waals surface area contributed by atoms with E-state index in [1.54, 1.807) is 11.3 Å². The van der Waals surface area contributed by atoms with Crippen molar-refractivity contribution in [1.29, 1.82) is 0 Å². The lowest BCUT2D eigenvalue weighted by molar-refractivity contribution is 0.112. The van der Waals surface area contributed by atoms with Crippen molar-refractivity contribution in [3.05, 3.63) is 65.1 Å². The summed E-state index contributed by atoms with van der Waals surface area (Å²) in [5.41, 5.74) is 4.26. The average molecular weight is 375 g/mol. The molecule has 4 nitrogen and oxygen atoms in total. The van der Waals surface area contributed by atoms with Crippen LogP contribution in [0, 0.1) is 0 Å². The van der Waals surface area contributed by atoms with Crippen LogP contribution in [0.2, 0.25) is 0 Å². The Hall–Kier alpha value is -2.96. The number of anilines is 2. The molecule has 5 rings (SSSR count). The minimum Gasteiger partial charge on any atom is -0.361 e. The summed E-state index contributed by atoms with van der Waals surface area (Å²) in [5, 5.41) is 7.78. The monoisotopic (exact) mass is 375 g/mol. The molecule has 126 valence electrons. The highest BCUT2D eigenvalue weighted by Gasteiger charge is 2.11. The highest BCUT2D eigenvalue weighted by molar-refractivity contribution is 7.22. The molecule has 0 spiro atoms. The predicted molar refractivity (Wildman–Crippen MR) is 110 cm³/mol. The number of fused-ring (bicyclic) bond motifs is 2. The normalized spacial score (nSPS) is 11.2. The molecule has 4 aromatic heterocycles. The quantitative estimate of drug-likeness (QED) is 0.375. The number of aromatic amines is 1. The van der Waals surface area contributed by atoms with E-state index in [1.165, 1.54) is 16.7 Å². The van der Waals surface area contributed by atoms with E-state index in [0.29, 0.717) is 0 Å². The molecular weight excluding hydrogens is 362 g/mol. The molecule has 0 fully saturated rings. The number of carbonyl (C=O) groups is 1. The number of nitrogens with zero attached hydrogens (tertiary/aromatic N) is 1. The average Bonchev–Trinajstić information content (AvgIpc) is 3.39. The largest absolute Gasteiger partial charge is 0.361 e. The van der Waals surface area contributed by atoms with E-state index in [1.807, 2.05) is 29.9 Å². The van der Waals surface area contributed by atoms with Crippen molar-refractivity contribution in [1.82, 2.24) is 9.97 Å². The molecule has 1 aromatic carbocycles. The highest BCUT2D eigenvalue weighted by atomic mass is 32.1. The van der Waals surface area contributed by atoms with Gasteiger partial charge in [0.15, 0.2) is 6.29 Å². The van der Waals surface area contributed by atoms with Gasteiger partial charge in [-0.15, -0.1) is 22.7 Å². The maximum atomic E-state index is 10.9.